The van der Waals surface area contributed by atoms with Gasteiger partial charge in [-0.2, -0.15) is 0 Å². The molecular formula is C12H21NO3. The fourth-order valence-corrected chi connectivity index (χ4v) is 2.81. The van der Waals surface area contributed by atoms with Gasteiger partial charge in [0.25, 0.3) is 0 Å². The van der Waals surface area contributed by atoms with E-state index in [0.29, 0.717) is 6.54 Å². The van der Waals surface area contributed by atoms with Crippen LogP contribution in [0.5, 0.6) is 0 Å². The summed E-state index contributed by atoms with van der Waals surface area (Å²) in [5, 5.41) is 9.87. The van der Waals surface area contributed by atoms with Crippen LogP contribution in [-0.2, 0) is 4.74 Å². The van der Waals surface area contributed by atoms with Crippen molar-refractivity contribution in [2.24, 2.45) is 5.92 Å². The Morgan fingerprint density at radius 1 is 1.38 bits per heavy atom. The molecule has 92 valence electrons. The first-order chi connectivity index (χ1) is 7.38. The lowest BCUT2D eigenvalue weighted by Gasteiger charge is -2.27. The predicted octanol–water partition coefficient (Wildman–Crippen LogP) is 1.77. The summed E-state index contributed by atoms with van der Waals surface area (Å²) in [5.74, 6) is 0.271. The lowest BCUT2D eigenvalue weighted by Crippen LogP contribution is -2.40. The zero-order valence-electron chi connectivity index (χ0n) is 10.3. The lowest BCUT2D eigenvalue weighted by atomic mass is 10.0. The first kappa shape index (κ1) is 11.7. The summed E-state index contributed by atoms with van der Waals surface area (Å²) in [5.41, 5.74) is -0.460. The Morgan fingerprint density at radius 2 is 2.06 bits per heavy atom. The number of hydrogen-bond donors (Lipinski definition) is 1. The Hall–Kier alpha value is -0.770. The number of likely N-dealkylation sites (tertiary alicyclic amines) is 1. The van der Waals surface area contributed by atoms with Crippen LogP contribution in [0.3, 0.4) is 0 Å². The van der Waals surface area contributed by atoms with E-state index in [9.17, 15) is 9.90 Å². The number of ether oxygens (including phenoxy) is 1. The number of fused-ring (bicyclic) bond motifs is 1. The zero-order chi connectivity index (χ0) is 11.9. The molecule has 1 aliphatic heterocycles. The molecule has 0 aromatic carbocycles. The maximum absolute atomic E-state index is 11.9. The van der Waals surface area contributed by atoms with Crippen LogP contribution < -0.4 is 0 Å². The second-order valence-corrected chi connectivity index (χ2v) is 5.86. The molecule has 1 amide bonds. The fourth-order valence-electron chi connectivity index (χ4n) is 2.81. The van der Waals surface area contributed by atoms with Crippen LogP contribution in [0.1, 0.15) is 40.0 Å². The van der Waals surface area contributed by atoms with Gasteiger partial charge in [0.2, 0.25) is 0 Å². The van der Waals surface area contributed by atoms with Gasteiger partial charge in [0, 0.05) is 12.0 Å². The van der Waals surface area contributed by atoms with Crippen LogP contribution in [0.15, 0.2) is 0 Å². The highest BCUT2D eigenvalue weighted by Gasteiger charge is 2.46. The van der Waals surface area contributed by atoms with Crippen molar-refractivity contribution < 1.29 is 14.6 Å². The highest BCUT2D eigenvalue weighted by molar-refractivity contribution is 5.69. The van der Waals surface area contributed by atoms with Crippen LogP contribution in [0.4, 0.5) is 4.79 Å². The quantitative estimate of drug-likeness (QED) is 0.686. The van der Waals surface area contributed by atoms with Crippen molar-refractivity contribution in [1.29, 1.82) is 0 Å². The molecule has 0 radical (unpaired) electrons. The van der Waals surface area contributed by atoms with Crippen molar-refractivity contribution in [2.75, 3.05) is 6.54 Å². The third-order valence-electron chi connectivity index (χ3n) is 3.44. The SMILES string of the molecule is CC(C)(C)OC(=O)N1C[C@H](O)[C@H]2CCC[C@H]21. The van der Waals surface area contributed by atoms with E-state index in [1.807, 2.05) is 20.8 Å². The number of rotatable bonds is 0. The van der Waals surface area contributed by atoms with Gasteiger partial charge in [-0.3, -0.25) is 0 Å². The smallest absolute Gasteiger partial charge is 0.410 e. The van der Waals surface area contributed by atoms with Crippen molar-refractivity contribution in [1.82, 2.24) is 4.90 Å². The van der Waals surface area contributed by atoms with E-state index in [1.165, 1.54) is 0 Å². The summed E-state index contributed by atoms with van der Waals surface area (Å²) < 4.78 is 5.35. The van der Waals surface area contributed by atoms with Crippen molar-refractivity contribution in [3.8, 4) is 0 Å². The van der Waals surface area contributed by atoms with Gasteiger partial charge >= 0.3 is 6.09 Å². The van der Waals surface area contributed by atoms with E-state index in [0.717, 1.165) is 19.3 Å². The Bertz CT molecular complexity index is 284. The standard InChI is InChI=1S/C12H21NO3/c1-12(2,3)16-11(15)13-7-10(14)8-5-4-6-9(8)13/h8-10,14H,4-7H2,1-3H3/t8-,9+,10-/m0/s1. The summed E-state index contributed by atoms with van der Waals surface area (Å²) in [7, 11) is 0. The molecule has 2 aliphatic rings. The van der Waals surface area contributed by atoms with Crippen molar-refractivity contribution in [2.45, 2.75) is 57.8 Å². The number of aliphatic hydroxyl groups excluding tert-OH is 1. The van der Waals surface area contributed by atoms with E-state index in [2.05, 4.69) is 0 Å². The molecule has 1 aliphatic carbocycles. The zero-order valence-corrected chi connectivity index (χ0v) is 10.3. The van der Waals surface area contributed by atoms with E-state index in [-0.39, 0.29) is 24.2 Å². The van der Waals surface area contributed by atoms with E-state index >= 15 is 0 Å². The van der Waals surface area contributed by atoms with Gasteiger partial charge in [0.15, 0.2) is 0 Å². The van der Waals surface area contributed by atoms with E-state index in [1.54, 1.807) is 4.90 Å². The topological polar surface area (TPSA) is 49.8 Å². The molecular weight excluding hydrogens is 206 g/mol. The molecule has 3 atom stereocenters. The first-order valence-corrected chi connectivity index (χ1v) is 6.06. The number of aliphatic hydroxyl groups is 1. The maximum atomic E-state index is 11.9. The maximum Gasteiger partial charge on any atom is 0.410 e. The minimum atomic E-state index is -0.460. The number of β-amino-alcohol motifs (C(OH)–C–C–N with tert-alkyl or cyclic N) is 1. The Labute approximate surface area is 96.6 Å². The normalized spacial score (nSPS) is 34.0. The average molecular weight is 227 g/mol. The number of amides is 1. The average Bonchev–Trinajstić information content (AvgIpc) is 2.66. The summed E-state index contributed by atoms with van der Waals surface area (Å²) in [6.45, 7) is 6.03. The summed E-state index contributed by atoms with van der Waals surface area (Å²) in [4.78, 5) is 13.7. The number of nitrogens with zero attached hydrogens (tertiary/aromatic N) is 1. The van der Waals surface area contributed by atoms with Gasteiger partial charge in [-0.1, -0.05) is 6.42 Å². The molecule has 0 spiro atoms. The van der Waals surface area contributed by atoms with E-state index < -0.39 is 5.60 Å². The molecule has 4 nitrogen and oxygen atoms in total. The second kappa shape index (κ2) is 3.91. The van der Waals surface area contributed by atoms with Gasteiger partial charge in [-0.15, -0.1) is 0 Å². The number of hydrogen-bond acceptors (Lipinski definition) is 3. The second-order valence-electron chi connectivity index (χ2n) is 5.86. The minimum absolute atomic E-state index is 0.199. The molecule has 0 bridgehead atoms. The molecule has 0 unspecified atom stereocenters. The number of carbonyl (C=O) groups excluding carboxylic acids is 1. The monoisotopic (exact) mass is 227 g/mol. The van der Waals surface area contributed by atoms with Gasteiger partial charge < -0.3 is 14.7 Å². The largest absolute Gasteiger partial charge is 0.444 e. The minimum Gasteiger partial charge on any atom is -0.444 e. The summed E-state index contributed by atoms with van der Waals surface area (Å²) in [6.07, 6.45) is 2.50. The molecule has 0 aromatic heterocycles. The molecule has 1 saturated heterocycles. The predicted molar refractivity (Wildman–Crippen MR) is 60.1 cm³/mol. The van der Waals surface area contributed by atoms with Gasteiger partial charge in [0.1, 0.15) is 5.60 Å². The van der Waals surface area contributed by atoms with Gasteiger partial charge in [0.05, 0.1) is 12.6 Å². The van der Waals surface area contributed by atoms with Gasteiger partial charge in [-0.25, -0.2) is 4.79 Å². The molecule has 0 aromatic rings. The first-order valence-electron chi connectivity index (χ1n) is 6.06. The van der Waals surface area contributed by atoms with E-state index in [4.69, 9.17) is 4.74 Å². The molecule has 1 saturated carbocycles. The van der Waals surface area contributed by atoms with Crippen LogP contribution in [-0.4, -0.2) is 40.4 Å². The molecule has 16 heavy (non-hydrogen) atoms. The Morgan fingerprint density at radius 3 is 2.69 bits per heavy atom. The molecule has 1 N–H and O–H groups in total. The fraction of sp³-hybridized carbons (Fsp3) is 0.917. The highest BCUT2D eigenvalue weighted by atomic mass is 16.6. The van der Waals surface area contributed by atoms with Crippen molar-refractivity contribution >= 4 is 6.09 Å². The molecule has 1 heterocycles. The molecule has 4 heteroatoms. The third-order valence-corrected chi connectivity index (χ3v) is 3.44. The third kappa shape index (κ3) is 2.17. The summed E-state index contributed by atoms with van der Waals surface area (Å²) >= 11 is 0. The van der Waals surface area contributed by atoms with Crippen LogP contribution in [0, 0.1) is 5.92 Å². The molecule has 2 rings (SSSR count). The lowest BCUT2D eigenvalue weighted by molar-refractivity contribution is 0.0205. The van der Waals surface area contributed by atoms with Crippen LogP contribution in [0.2, 0.25) is 0 Å². The highest BCUT2D eigenvalue weighted by Crippen LogP contribution is 2.38. The molecule has 2 fully saturated rings. The van der Waals surface area contributed by atoms with Crippen LogP contribution >= 0.6 is 0 Å². The summed E-state index contributed by atoms with van der Waals surface area (Å²) in [6, 6.07) is 0.199. The van der Waals surface area contributed by atoms with Crippen molar-refractivity contribution in [3.63, 3.8) is 0 Å². The Balaban J connectivity index is 2.02. The Kier molecular flexibility index (Phi) is 2.86. The van der Waals surface area contributed by atoms with Crippen LogP contribution in [0.25, 0.3) is 0 Å². The van der Waals surface area contributed by atoms with Gasteiger partial charge in [-0.05, 0) is 33.6 Å². The van der Waals surface area contributed by atoms with Crippen molar-refractivity contribution in [3.05, 3.63) is 0 Å². The number of carbonyl (C=O) groups is 1.